The van der Waals surface area contributed by atoms with Gasteiger partial charge in [0.25, 0.3) is 0 Å². The second-order valence-corrected chi connectivity index (χ2v) is 7.15. The summed E-state index contributed by atoms with van der Waals surface area (Å²) < 4.78 is 5.47. The van der Waals surface area contributed by atoms with Crippen molar-refractivity contribution < 1.29 is 19.1 Å². The molecule has 0 radical (unpaired) electrons. The number of carbonyl (C=O) groups excluding carboxylic acids is 3. The predicted octanol–water partition coefficient (Wildman–Crippen LogP) is 3.16. The van der Waals surface area contributed by atoms with Gasteiger partial charge in [-0.25, -0.2) is 4.79 Å². The molecule has 2 aliphatic heterocycles. The van der Waals surface area contributed by atoms with E-state index in [9.17, 15) is 14.4 Å². The molecule has 2 aliphatic rings. The maximum absolute atomic E-state index is 12.5. The molecule has 0 spiro atoms. The van der Waals surface area contributed by atoms with Crippen molar-refractivity contribution in [1.82, 2.24) is 4.90 Å². The highest BCUT2D eigenvalue weighted by atomic mass is 16.5. The third-order valence-electron chi connectivity index (χ3n) is 5.14. The lowest BCUT2D eigenvalue weighted by atomic mass is 10.1. The van der Waals surface area contributed by atoms with E-state index in [0.717, 1.165) is 37.2 Å². The fraction of sp³-hybridized carbons (Fsp3) is 0.318. The van der Waals surface area contributed by atoms with E-state index in [2.05, 4.69) is 0 Å². The first-order valence-corrected chi connectivity index (χ1v) is 9.59. The van der Waals surface area contributed by atoms with Crippen LogP contribution in [0.4, 0.5) is 5.69 Å². The molecule has 28 heavy (non-hydrogen) atoms. The van der Waals surface area contributed by atoms with Crippen molar-refractivity contribution in [3.05, 3.63) is 59.7 Å². The molecule has 0 atom stereocenters. The first-order valence-electron chi connectivity index (χ1n) is 9.59. The minimum Gasteiger partial charge on any atom is -0.423 e. The molecule has 144 valence electrons. The minimum absolute atomic E-state index is 0.123. The van der Waals surface area contributed by atoms with Crippen molar-refractivity contribution in [3.8, 4) is 5.75 Å². The summed E-state index contributed by atoms with van der Waals surface area (Å²) in [5.41, 5.74) is 2.18. The van der Waals surface area contributed by atoms with Crippen LogP contribution in [-0.2, 0) is 16.1 Å². The zero-order valence-corrected chi connectivity index (χ0v) is 15.6. The van der Waals surface area contributed by atoms with Gasteiger partial charge in [-0.05, 0) is 54.8 Å². The quantitative estimate of drug-likeness (QED) is 0.592. The van der Waals surface area contributed by atoms with Gasteiger partial charge in [-0.15, -0.1) is 0 Å². The summed E-state index contributed by atoms with van der Waals surface area (Å²) in [5, 5.41) is 0. The average Bonchev–Trinajstić information content (AvgIpc) is 3.31. The topological polar surface area (TPSA) is 66.9 Å². The second kappa shape index (κ2) is 7.84. The number of benzene rings is 2. The highest BCUT2D eigenvalue weighted by molar-refractivity contribution is 5.95. The molecule has 6 nitrogen and oxygen atoms in total. The highest BCUT2D eigenvalue weighted by Gasteiger charge is 2.22. The average molecular weight is 378 g/mol. The molecule has 2 saturated heterocycles. The van der Waals surface area contributed by atoms with Crippen LogP contribution in [0.1, 0.15) is 41.6 Å². The van der Waals surface area contributed by atoms with E-state index in [-0.39, 0.29) is 11.8 Å². The Morgan fingerprint density at radius 2 is 1.68 bits per heavy atom. The Kier molecular flexibility index (Phi) is 5.10. The molecular weight excluding hydrogens is 356 g/mol. The zero-order valence-electron chi connectivity index (χ0n) is 15.6. The lowest BCUT2D eigenvalue weighted by Gasteiger charge is -2.16. The molecule has 0 aliphatic carbocycles. The number of ether oxygens (including phenoxy) is 1. The maximum Gasteiger partial charge on any atom is 0.343 e. The molecule has 0 unspecified atom stereocenters. The van der Waals surface area contributed by atoms with E-state index in [4.69, 9.17) is 4.74 Å². The Balaban J connectivity index is 1.41. The summed E-state index contributed by atoms with van der Waals surface area (Å²) in [6.45, 7) is 2.00. The molecule has 2 amide bonds. The van der Waals surface area contributed by atoms with Gasteiger partial charge in [0, 0.05) is 38.2 Å². The Labute approximate surface area is 163 Å². The smallest absolute Gasteiger partial charge is 0.343 e. The third kappa shape index (κ3) is 3.91. The zero-order chi connectivity index (χ0) is 19.5. The van der Waals surface area contributed by atoms with Gasteiger partial charge in [-0.1, -0.05) is 12.1 Å². The summed E-state index contributed by atoms with van der Waals surface area (Å²) >= 11 is 0. The van der Waals surface area contributed by atoms with Crippen LogP contribution in [0.25, 0.3) is 0 Å². The molecular formula is C22H22N2O4. The number of hydrogen-bond acceptors (Lipinski definition) is 4. The van der Waals surface area contributed by atoms with Crippen LogP contribution in [0.2, 0.25) is 0 Å². The molecule has 2 heterocycles. The van der Waals surface area contributed by atoms with Crippen molar-refractivity contribution in [1.29, 1.82) is 0 Å². The monoisotopic (exact) mass is 378 g/mol. The number of nitrogens with zero attached hydrogens (tertiary/aromatic N) is 2. The van der Waals surface area contributed by atoms with E-state index >= 15 is 0 Å². The second-order valence-electron chi connectivity index (χ2n) is 7.15. The van der Waals surface area contributed by atoms with Gasteiger partial charge >= 0.3 is 5.97 Å². The molecule has 0 saturated carbocycles. The number of hydrogen-bond donors (Lipinski definition) is 0. The summed E-state index contributed by atoms with van der Waals surface area (Å²) in [4.78, 5) is 39.7. The number of likely N-dealkylation sites (tertiary alicyclic amines) is 1. The first-order chi connectivity index (χ1) is 13.6. The van der Waals surface area contributed by atoms with E-state index in [1.165, 1.54) is 0 Å². The summed E-state index contributed by atoms with van der Waals surface area (Å²) in [6, 6.07) is 14.2. The van der Waals surface area contributed by atoms with Gasteiger partial charge in [0.05, 0.1) is 5.56 Å². The number of rotatable bonds is 5. The fourth-order valence-corrected chi connectivity index (χ4v) is 3.67. The molecule has 2 aromatic carbocycles. The molecule has 0 bridgehead atoms. The number of carbonyl (C=O) groups is 3. The number of esters is 1. The molecule has 0 aromatic heterocycles. The summed E-state index contributed by atoms with van der Waals surface area (Å²) in [7, 11) is 0. The summed E-state index contributed by atoms with van der Waals surface area (Å²) in [6.07, 6.45) is 2.94. The van der Waals surface area contributed by atoms with Crippen molar-refractivity contribution in [2.24, 2.45) is 0 Å². The van der Waals surface area contributed by atoms with Crippen LogP contribution in [-0.4, -0.2) is 35.8 Å². The van der Waals surface area contributed by atoms with Crippen molar-refractivity contribution in [2.45, 2.75) is 32.2 Å². The number of amides is 2. The maximum atomic E-state index is 12.5. The molecule has 2 fully saturated rings. The van der Waals surface area contributed by atoms with E-state index in [1.54, 1.807) is 47.4 Å². The normalized spacial score (nSPS) is 16.7. The Morgan fingerprint density at radius 3 is 2.36 bits per heavy atom. The van der Waals surface area contributed by atoms with Gasteiger partial charge in [0.2, 0.25) is 11.8 Å². The molecule has 6 heteroatoms. The van der Waals surface area contributed by atoms with Crippen LogP contribution < -0.4 is 9.64 Å². The van der Waals surface area contributed by atoms with Gasteiger partial charge in [-0.3, -0.25) is 9.59 Å². The van der Waals surface area contributed by atoms with Crippen molar-refractivity contribution in [3.63, 3.8) is 0 Å². The van der Waals surface area contributed by atoms with Crippen LogP contribution >= 0.6 is 0 Å². The third-order valence-corrected chi connectivity index (χ3v) is 5.14. The van der Waals surface area contributed by atoms with Gasteiger partial charge in [-0.2, -0.15) is 0 Å². The van der Waals surface area contributed by atoms with E-state index in [0.29, 0.717) is 30.7 Å². The lowest BCUT2D eigenvalue weighted by molar-refractivity contribution is -0.128. The van der Waals surface area contributed by atoms with Gasteiger partial charge < -0.3 is 14.5 Å². The Hall–Kier alpha value is -3.15. The van der Waals surface area contributed by atoms with E-state index in [1.807, 2.05) is 11.0 Å². The van der Waals surface area contributed by atoms with Crippen LogP contribution in [0.5, 0.6) is 5.75 Å². The van der Waals surface area contributed by atoms with Crippen LogP contribution in [0.15, 0.2) is 48.5 Å². The standard InChI is InChI=1S/C22H22N2O4/c25-20-6-2-12-23(20)15-16-4-1-5-17(14-16)22(27)28-19-10-8-18(9-11-19)24-13-3-7-21(24)26/h1,4-5,8-11,14H,2-3,6-7,12-13,15H2. The molecule has 0 N–H and O–H groups in total. The summed E-state index contributed by atoms with van der Waals surface area (Å²) in [5.74, 6) is 0.266. The lowest BCUT2D eigenvalue weighted by Crippen LogP contribution is -2.24. The fourth-order valence-electron chi connectivity index (χ4n) is 3.67. The largest absolute Gasteiger partial charge is 0.423 e. The van der Waals surface area contributed by atoms with Crippen LogP contribution in [0.3, 0.4) is 0 Å². The minimum atomic E-state index is -0.445. The Bertz CT molecular complexity index is 907. The van der Waals surface area contributed by atoms with Gasteiger partial charge in [0.1, 0.15) is 5.75 Å². The SMILES string of the molecule is O=C(Oc1ccc(N2CCCC2=O)cc1)c1cccc(CN2CCCC2=O)c1. The predicted molar refractivity (Wildman–Crippen MR) is 104 cm³/mol. The highest BCUT2D eigenvalue weighted by Crippen LogP contribution is 2.24. The number of anilines is 1. The molecule has 4 rings (SSSR count). The van der Waals surface area contributed by atoms with Crippen molar-refractivity contribution in [2.75, 3.05) is 18.0 Å². The van der Waals surface area contributed by atoms with Crippen molar-refractivity contribution >= 4 is 23.5 Å². The van der Waals surface area contributed by atoms with Crippen LogP contribution in [0, 0.1) is 0 Å². The molecule has 2 aromatic rings. The van der Waals surface area contributed by atoms with E-state index < -0.39 is 5.97 Å². The van der Waals surface area contributed by atoms with Gasteiger partial charge in [0.15, 0.2) is 0 Å². The first kappa shape index (κ1) is 18.2. The Morgan fingerprint density at radius 1 is 0.929 bits per heavy atom.